The third kappa shape index (κ3) is 4.06. The summed E-state index contributed by atoms with van der Waals surface area (Å²) >= 11 is 0. The lowest BCUT2D eigenvalue weighted by molar-refractivity contribution is -0.143. The van der Waals surface area contributed by atoms with Gasteiger partial charge in [0, 0.05) is 51.6 Å². The van der Waals surface area contributed by atoms with E-state index in [9.17, 15) is 14.4 Å². The zero-order valence-corrected chi connectivity index (χ0v) is 15.6. The molecule has 3 amide bonds. The Morgan fingerprint density at radius 1 is 1.04 bits per heavy atom. The molecule has 0 aliphatic carbocycles. The van der Waals surface area contributed by atoms with Crippen LogP contribution in [0.5, 0.6) is 0 Å². The fourth-order valence-corrected chi connectivity index (χ4v) is 3.66. The van der Waals surface area contributed by atoms with Crippen molar-refractivity contribution in [2.24, 2.45) is 11.8 Å². The maximum absolute atomic E-state index is 12.8. The normalized spacial score (nSPS) is 20.8. The lowest BCUT2D eigenvalue weighted by atomic mass is 10.1. The molecule has 2 aliphatic heterocycles. The molecule has 140 valence electrons. The van der Waals surface area contributed by atoms with Crippen molar-refractivity contribution >= 4 is 17.7 Å². The van der Waals surface area contributed by atoms with Crippen LogP contribution >= 0.6 is 0 Å². The van der Waals surface area contributed by atoms with Gasteiger partial charge in [0.2, 0.25) is 17.7 Å². The summed E-state index contributed by atoms with van der Waals surface area (Å²) < 4.78 is 0. The van der Waals surface area contributed by atoms with Gasteiger partial charge in [0.25, 0.3) is 0 Å². The molecule has 26 heavy (non-hydrogen) atoms. The molecule has 2 saturated heterocycles. The standard InChI is InChI=1S/C20H27N3O3/c1-15(2)19(25)21-8-10-22(11-9-21)20(26)17-12-18(24)23(14-17)13-16-6-4-3-5-7-16/h3-7,15,17H,8-14H2,1-2H3. The average molecular weight is 357 g/mol. The van der Waals surface area contributed by atoms with Gasteiger partial charge in [-0.15, -0.1) is 0 Å². The first kappa shape index (κ1) is 18.4. The van der Waals surface area contributed by atoms with Crippen molar-refractivity contribution in [2.45, 2.75) is 26.8 Å². The molecular weight excluding hydrogens is 330 g/mol. The Hall–Kier alpha value is -2.37. The Bertz CT molecular complexity index is 666. The van der Waals surface area contributed by atoms with E-state index in [1.54, 1.807) is 4.90 Å². The van der Waals surface area contributed by atoms with Crippen LogP contribution < -0.4 is 0 Å². The van der Waals surface area contributed by atoms with Gasteiger partial charge in [-0.2, -0.15) is 0 Å². The number of benzene rings is 1. The van der Waals surface area contributed by atoms with E-state index < -0.39 is 0 Å². The Morgan fingerprint density at radius 2 is 1.65 bits per heavy atom. The Labute approximate surface area is 154 Å². The summed E-state index contributed by atoms with van der Waals surface area (Å²) in [6.45, 7) is 7.10. The molecular formula is C20H27N3O3. The topological polar surface area (TPSA) is 60.9 Å². The van der Waals surface area contributed by atoms with Crippen molar-refractivity contribution < 1.29 is 14.4 Å². The lowest BCUT2D eigenvalue weighted by Crippen LogP contribution is -2.53. The van der Waals surface area contributed by atoms with Gasteiger partial charge in [0.15, 0.2) is 0 Å². The number of piperazine rings is 1. The van der Waals surface area contributed by atoms with Crippen LogP contribution in [-0.4, -0.2) is 65.1 Å². The number of carbonyl (C=O) groups excluding carboxylic acids is 3. The van der Waals surface area contributed by atoms with Gasteiger partial charge in [0.1, 0.15) is 0 Å². The van der Waals surface area contributed by atoms with Crippen molar-refractivity contribution in [1.29, 1.82) is 0 Å². The molecule has 0 bridgehead atoms. The van der Waals surface area contributed by atoms with E-state index in [-0.39, 0.29) is 36.0 Å². The highest BCUT2D eigenvalue weighted by molar-refractivity contribution is 5.89. The summed E-state index contributed by atoms with van der Waals surface area (Å²) in [5, 5.41) is 0. The Balaban J connectivity index is 1.53. The fourth-order valence-electron chi connectivity index (χ4n) is 3.66. The number of rotatable bonds is 4. The molecule has 2 aliphatic rings. The molecule has 6 heteroatoms. The predicted octanol–water partition coefficient (Wildman–Crippen LogP) is 1.36. The molecule has 0 aromatic heterocycles. The minimum absolute atomic E-state index is 0.0174. The molecule has 1 atom stereocenters. The number of likely N-dealkylation sites (tertiary alicyclic amines) is 1. The molecule has 2 heterocycles. The van der Waals surface area contributed by atoms with Crippen molar-refractivity contribution in [1.82, 2.24) is 14.7 Å². The minimum atomic E-state index is -0.265. The fraction of sp³-hybridized carbons (Fsp3) is 0.550. The van der Waals surface area contributed by atoms with E-state index in [2.05, 4.69) is 0 Å². The van der Waals surface area contributed by atoms with Crippen molar-refractivity contribution in [2.75, 3.05) is 32.7 Å². The number of amides is 3. The highest BCUT2D eigenvalue weighted by Crippen LogP contribution is 2.23. The molecule has 0 spiro atoms. The van der Waals surface area contributed by atoms with Crippen molar-refractivity contribution in [3.63, 3.8) is 0 Å². The smallest absolute Gasteiger partial charge is 0.228 e. The van der Waals surface area contributed by atoms with Crippen LogP contribution in [0.4, 0.5) is 0 Å². The highest BCUT2D eigenvalue weighted by Gasteiger charge is 2.37. The monoisotopic (exact) mass is 357 g/mol. The minimum Gasteiger partial charge on any atom is -0.339 e. The first-order chi connectivity index (χ1) is 12.5. The molecule has 0 N–H and O–H groups in total. The summed E-state index contributed by atoms with van der Waals surface area (Å²) in [4.78, 5) is 42.6. The molecule has 0 saturated carbocycles. The van der Waals surface area contributed by atoms with Gasteiger partial charge in [-0.05, 0) is 5.56 Å². The van der Waals surface area contributed by atoms with E-state index in [4.69, 9.17) is 0 Å². The Morgan fingerprint density at radius 3 is 2.27 bits per heavy atom. The lowest BCUT2D eigenvalue weighted by Gasteiger charge is -2.36. The number of carbonyl (C=O) groups is 3. The molecule has 6 nitrogen and oxygen atoms in total. The maximum atomic E-state index is 12.8. The third-order valence-corrected chi connectivity index (χ3v) is 5.18. The summed E-state index contributed by atoms with van der Waals surface area (Å²) in [7, 11) is 0. The number of nitrogens with zero attached hydrogens (tertiary/aromatic N) is 3. The van der Waals surface area contributed by atoms with Crippen LogP contribution in [0.3, 0.4) is 0 Å². The third-order valence-electron chi connectivity index (χ3n) is 5.18. The quantitative estimate of drug-likeness (QED) is 0.818. The van der Waals surface area contributed by atoms with E-state index in [0.29, 0.717) is 39.3 Å². The first-order valence-electron chi connectivity index (χ1n) is 9.35. The Kier molecular flexibility index (Phi) is 5.59. The zero-order valence-electron chi connectivity index (χ0n) is 15.6. The number of hydrogen-bond acceptors (Lipinski definition) is 3. The molecule has 0 radical (unpaired) electrons. The summed E-state index contributed by atoms with van der Waals surface area (Å²) in [6.07, 6.45) is 0.288. The number of hydrogen-bond donors (Lipinski definition) is 0. The average Bonchev–Trinajstić information content (AvgIpc) is 3.02. The SMILES string of the molecule is CC(C)C(=O)N1CCN(C(=O)C2CC(=O)N(Cc3ccccc3)C2)CC1. The first-order valence-corrected chi connectivity index (χ1v) is 9.35. The van der Waals surface area contributed by atoms with Gasteiger partial charge in [-0.25, -0.2) is 0 Å². The second kappa shape index (κ2) is 7.89. The zero-order chi connectivity index (χ0) is 18.7. The van der Waals surface area contributed by atoms with Crippen molar-refractivity contribution in [3.8, 4) is 0 Å². The van der Waals surface area contributed by atoms with E-state index >= 15 is 0 Å². The van der Waals surface area contributed by atoms with Crippen LogP contribution in [-0.2, 0) is 20.9 Å². The second-order valence-electron chi connectivity index (χ2n) is 7.47. The molecule has 1 aromatic rings. The van der Waals surface area contributed by atoms with Gasteiger partial charge < -0.3 is 14.7 Å². The summed E-state index contributed by atoms with van der Waals surface area (Å²) in [5.41, 5.74) is 1.08. The maximum Gasteiger partial charge on any atom is 0.228 e. The predicted molar refractivity (Wildman–Crippen MR) is 98.0 cm³/mol. The molecule has 3 rings (SSSR count). The van der Waals surface area contributed by atoms with Gasteiger partial charge in [-0.3, -0.25) is 14.4 Å². The van der Waals surface area contributed by atoms with Crippen LogP contribution in [0.15, 0.2) is 30.3 Å². The van der Waals surface area contributed by atoms with E-state index in [1.807, 2.05) is 54.0 Å². The van der Waals surface area contributed by atoms with Gasteiger partial charge >= 0.3 is 0 Å². The van der Waals surface area contributed by atoms with E-state index in [1.165, 1.54) is 0 Å². The van der Waals surface area contributed by atoms with Crippen molar-refractivity contribution in [3.05, 3.63) is 35.9 Å². The van der Waals surface area contributed by atoms with Crippen LogP contribution in [0, 0.1) is 11.8 Å². The highest BCUT2D eigenvalue weighted by atomic mass is 16.2. The molecule has 2 fully saturated rings. The van der Waals surface area contributed by atoms with Crippen LogP contribution in [0.25, 0.3) is 0 Å². The second-order valence-corrected chi connectivity index (χ2v) is 7.47. The van der Waals surface area contributed by atoms with Gasteiger partial charge in [-0.1, -0.05) is 44.2 Å². The molecule has 1 unspecified atom stereocenters. The largest absolute Gasteiger partial charge is 0.339 e. The summed E-state index contributed by atoms with van der Waals surface area (Å²) in [5.74, 6) is -0.0524. The van der Waals surface area contributed by atoms with Crippen LogP contribution in [0.1, 0.15) is 25.8 Å². The summed E-state index contributed by atoms with van der Waals surface area (Å²) in [6, 6.07) is 9.85. The van der Waals surface area contributed by atoms with Gasteiger partial charge in [0.05, 0.1) is 5.92 Å². The van der Waals surface area contributed by atoms with Crippen LogP contribution in [0.2, 0.25) is 0 Å². The van der Waals surface area contributed by atoms with E-state index in [0.717, 1.165) is 5.56 Å². The molecule has 1 aromatic carbocycles.